The minimum atomic E-state index is 0.200. The molecule has 1 nitrogen and oxygen atoms in total. The van der Waals surface area contributed by atoms with Gasteiger partial charge in [0.25, 0.3) is 0 Å². The smallest absolute Gasteiger partial charge is 0.0458 e. The van der Waals surface area contributed by atoms with Crippen LogP contribution in [0.5, 0.6) is 0 Å². The van der Waals surface area contributed by atoms with E-state index in [1.54, 1.807) is 0 Å². The minimum Gasteiger partial charge on any atom is -0.358 e. The molecule has 0 radical (unpaired) electrons. The number of aromatic nitrogens is 1. The molecule has 0 amide bonds. The molecule has 0 saturated heterocycles. The number of fused-ring (bicyclic) bond motifs is 1. The molecule has 0 saturated carbocycles. The number of nitrogens with one attached hydrogen (secondary N) is 1. The molecule has 1 N–H and O–H groups in total. The normalized spacial score (nSPS) is 12.3. The van der Waals surface area contributed by atoms with Gasteiger partial charge in [-0.2, -0.15) is 0 Å². The van der Waals surface area contributed by atoms with Crippen LogP contribution in [-0.2, 0) is 11.8 Å². The maximum absolute atomic E-state index is 3.51. The van der Waals surface area contributed by atoms with Crippen LogP contribution in [0.2, 0.25) is 0 Å². The molecular weight excluding hydrogens is 182 g/mol. The van der Waals surface area contributed by atoms with E-state index in [1.807, 2.05) is 0 Å². The molecule has 0 aliphatic heterocycles. The summed E-state index contributed by atoms with van der Waals surface area (Å²) in [4.78, 5) is 3.51. The van der Waals surface area contributed by atoms with Crippen molar-refractivity contribution in [2.24, 2.45) is 0 Å². The van der Waals surface area contributed by atoms with Gasteiger partial charge in [-0.3, -0.25) is 0 Å². The van der Waals surface area contributed by atoms with Crippen molar-refractivity contribution in [2.45, 2.75) is 39.5 Å². The Bertz CT molecular complexity index is 472. The van der Waals surface area contributed by atoms with Gasteiger partial charge < -0.3 is 4.98 Å². The zero-order chi connectivity index (χ0) is 11.1. The Morgan fingerprint density at radius 2 is 1.87 bits per heavy atom. The molecule has 0 aliphatic rings. The third kappa shape index (κ3) is 1.92. The Kier molecular flexibility index (Phi) is 2.34. The molecule has 0 bridgehead atoms. The summed E-state index contributed by atoms with van der Waals surface area (Å²) in [6.45, 7) is 8.89. The first-order valence-corrected chi connectivity index (χ1v) is 5.63. The van der Waals surface area contributed by atoms with E-state index < -0.39 is 0 Å². The SMILES string of the molecule is CCc1ccc2cc(C(C)(C)C)[nH]c2c1. The molecule has 1 heterocycles. The quantitative estimate of drug-likeness (QED) is 0.717. The molecule has 1 aromatic heterocycles. The Hall–Kier alpha value is -1.24. The minimum absolute atomic E-state index is 0.200. The molecular formula is C14H19N. The van der Waals surface area contributed by atoms with Gasteiger partial charge in [-0.15, -0.1) is 0 Å². The fourth-order valence-corrected chi connectivity index (χ4v) is 1.80. The lowest BCUT2D eigenvalue weighted by Crippen LogP contribution is -2.10. The van der Waals surface area contributed by atoms with Crippen LogP contribution in [0.15, 0.2) is 24.3 Å². The second kappa shape index (κ2) is 3.41. The van der Waals surface area contributed by atoms with Gasteiger partial charge in [0.1, 0.15) is 0 Å². The summed E-state index contributed by atoms with van der Waals surface area (Å²) in [7, 11) is 0. The van der Waals surface area contributed by atoms with Gasteiger partial charge in [0.2, 0.25) is 0 Å². The third-order valence-corrected chi connectivity index (χ3v) is 2.90. The topological polar surface area (TPSA) is 15.8 Å². The van der Waals surface area contributed by atoms with Gasteiger partial charge in [0.05, 0.1) is 0 Å². The largest absolute Gasteiger partial charge is 0.358 e. The fourth-order valence-electron chi connectivity index (χ4n) is 1.80. The molecule has 2 aromatic rings. The molecule has 1 aromatic carbocycles. The maximum atomic E-state index is 3.51. The van der Waals surface area contributed by atoms with Gasteiger partial charge in [0.15, 0.2) is 0 Å². The van der Waals surface area contributed by atoms with E-state index in [4.69, 9.17) is 0 Å². The highest BCUT2D eigenvalue weighted by atomic mass is 14.7. The second-order valence-corrected chi connectivity index (χ2v) is 5.21. The first-order valence-electron chi connectivity index (χ1n) is 5.63. The summed E-state index contributed by atoms with van der Waals surface area (Å²) < 4.78 is 0. The number of aromatic amines is 1. The average Bonchev–Trinajstić information content (AvgIpc) is 2.59. The van der Waals surface area contributed by atoms with Crippen molar-refractivity contribution in [3.8, 4) is 0 Å². The van der Waals surface area contributed by atoms with E-state index in [2.05, 4.69) is 56.9 Å². The highest BCUT2D eigenvalue weighted by molar-refractivity contribution is 5.81. The standard InChI is InChI=1S/C14H19N/c1-5-10-6-7-11-9-13(14(2,3)4)15-12(11)8-10/h6-9,15H,5H2,1-4H3. The summed E-state index contributed by atoms with van der Waals surface area (Å²) in [5.41, 5.74) is 4.17. The molecule has 0 aliphatic carbocycles. The predicted molar refractivity (Wildman–Crippen MR) is 66.4 cm³/mol. The van der Waals surface area contributed by atoms with Gasteiger partial charge in [-0.25, -0.2) is 0 Å². The highest BCUT2D eigenvalue weighted by Gasteiger charge is 2.15. The first kappa shape index (κ1) is 10.3. The summed E-state index contributed by atoms with van der Waals surface area (Å²) in [6, 6.07) is 8.93. The van der Waals surface area contributed by atoms with Crippen LogP contribution in [0.25, 0.3) is 10.9 Å². The van der Waals surface area contributed by atoms with E-state index in [9.17, 15) is 0 Å². The first-order chi connectivity index (χ1) is 7.00. The lowest BCUT2D eigenvalue weighted by atomic mass is 9.92. The van der Waals surface area contributed by atoms with Crippen molar-refractivity contribution in [1.82, 2.24) is 4.98 Å². The third-order valence-electron chi connectivity index (χ3n) is 2.90. The van der Waals surface area contributed by atoms with Gasteiger partial charge >= 0.3 is 0 Å². The lowest BCUT2D eigenvalue weighted by Gasteiger charge is -2.15. The Morgan fingerprint density at radius 1 is 1.13 bits per heavy atom. The van der Waals surface area contributed by atoms with Crippen LogP contribution in [0.4, 0.5) is 0 Å². The van der Waals surface area contributed by atoms with Crippen LogP contribution < -0.4 is 0 Å². The Labute approximate surface area is 91.5 Å². The van der Waals surface area contributed by atoms with Crippen molar-refractivity contribution in [3.05, 3.63) is 35.5 Å². The van der Waals surface area contributed by atoms with E-state index in [0.717, 1.165) is 6.42 Å². The summed E-state index contributed by atoms with van der Waals surface area (Å²) in [6.07, 6.45) is 1.10. The van der Waals surface area contributed by atoms with Crippen LogP contribution in [0, 0.1) is 0 Å². The van der Waals surface area contributed by atoms with E-state index in [0.29, 0.717) is 0 Å². The van der Waals surface area contributed by atoms with Gasteiger partial charge in [0, 0.05) is 16.6 Å². The van der Waals surface area contributed by atoms with Gasteiger partial charge in [-0.1, -0.05) is 39.8 Å². The Balaban J connectivity index is 2.56. The summed E-state index contributed by atoms with van der Waals surface area (Å²) in [5.74, 6) is 0. The average molecular weight is 201 g/mol. The number of hydrogen-bond donors (Lipinski definition) is 1. The number of rotatable bonds is 1. The van der Waals surface area contributed by atoms with Crippen molar-refractivity contribution in [2.75, 3.05) is 0 Å². The Morgan fingerprint density at radius 3 is 2.47 bits per heavy atom. The van der Waals surface area contributed by atoms with E-state index in [1.165, 1.54) is 22.2 Å². The summed E-state index contributed by atoms with van der Waals surface area (Å²) >= 11 is 0. The fraction of sp³-hybridized carbons (Fsp3) is 0.429. The molecule has 0 fully saturated rings. The zero-order valence-corrected chi connectivity index (χ0v) is 10.0. The molecule has 80 valence electrons. The van der Waals surface area contributed by atoms with Gasteiger partial charge in [-0.05, 0) is 29.5 Å². The molecule has 0 spiro atoms. The molecule has 2 rings (SSSR count). The monoisotopic (exact) mass is 201 g/mol. The lowest BCUT2D eigenvalue weighted by molar-refractivity contribution is 0.574. The van der Waals surface area contributed by atoms with Crippen molar-refractivity contribution >= 4 is 10.9 Å². The number of aryl methyl sites for hydroxylation is 1. The van der Waals surface area contributed by atoms with Crippen LogP contribution in [0.3, 0.4) is 0 Å². The number of H-pyrrole nitrogens is 1. The second-order valence-electron chi connectivity index (χ2n) is 5.21. The number of benzene rings is 1. The summed E-state index contributed by atoms with van der Waals surface area (Å²) in [5, 5.41) is 1.32. The van der Waals surface area contributed by atoms with Crippen LogP contribution in [0.1, 0.15) is 39.0 Å². The highest BCUT2D eigenvalue weighted by Crippen LogP contribution is 2.26. The van der Waals surface area contributed by atoms with Crippen molar-refractivity contribution in [1.29, 1.82) is 0 Å². The predicted octanol–water partition coefficient (Wildman–Crippen LogP) is 4.03. The van der Waals surface area contributed by atoms with Crippen molar-refractivity contribution < 1.29 is 0 Å². The van der Waals surface area contributed by atoms with Crippen LogP contribution >= 0.6 is 0 Å². The van der Waals surface area contributed by atoms with Crippen LogP contribution in [-0.4, -0.2) is 4.98 Å². The zero-order valence-electron chi connectivity index (χ0n) is 10.0. The maximum Gasteiger partial charge on any atom is 0.0458 e. The van der Waals surface area contributed by atoms with E-state index in [-0.39, 0.29) is 5.41 Å². The van der Waals surface area contributed by atoms with E-state index >= 15 is 0 Å². The molecule has 0 atom stereocenters. The molecule has 15 heavy (non-hydrogen) atoms. The molecule has 0 unspecified atom stereocenters. The number of hydrogen-bond acceptors (Lipinski definition) is 0. The van der Waals surface area contributed by atoms with Crippen molar-refractivity contribution in [3.63, 3.8) is 0 Å². The molecule has 1 heteroatoms.